The van der Waals surface area contributed by atoms with E-state index in [0.717, 1.165) is 37.1 Å². The minimum Gasteiger partial charge on any atom is -0.389 e. The van der Waals surface area contributed by atoms with Crippen molar-refractivity contribution in [1.29, 1.82) is 0 Å². The van der Waals surface area contributed by atoms with Crippen LogP contribution in [0.15, 0.2) is 60.7 Å². The van der Waals surface area contributed by atoms with Gasteiger partial charge in [-0.15, -0.1) is 0 Å². The molecule has 0 bridgehead atoms. The highest BCUT2D eigenvalue weighted by Gasteiger charge is 2.38. The van der Waals surface area contributed by atoms with E-state index in [1.54, 1.807) is 0 Å². The first-order chi connectivity index (χ1) is 20.0. The van der Waals surface area contributed by atoms with Gasteiger partial charge in [0.2, 0.25) is 0 Å². The molecule has 8 atom stereocenters. The van der Waals surface area contributed by atoms with Gasteiger partial charge in [0.05, 0.1) is 37.6 Å². The van der Waals surface area contributed by atoms with Crippen LogP contribution < -0.4 is 5.32 Å². The van der Waals surface area contributed by atoms with Crippen molar-refractivity contribution < 1.29 is 39.4 Å². The number of ether oxygens (including phenoxy) is 4. The summed E-state index contributed by atoms with van der Waals surface area (Å²) < 4.78 is 23.6. The lowest BCUT2D eigenvalue weighted by atomic mass is 9.98. The molecular weight excluding hydrogens is 528 g/mol. The highest BCUT2D eigenvalue weighted by atomic mass is 16.7. The standard InChI is InChI=1S/C31H44N2O8/c34-24(28(36)26-13-17-38-30(40-26)21-7-3-1-4-8-21)19-33(23-11-15-32-16-12-23)20-25(35)29(37)27-14-18-39-31(41-27)22-9-5-2-6-10-22/h1-10,23-32,34-37H,11-20H2/t24-,25-,26+,27+,28+,29+,30?,31?/m0/s1. The van der Waals surface area contributed by atoms with Crippen LogP contribution >= 0.6 is 0 Å². The lowest BCUT2D eigenvalue weighted by Crippen LogP contribution is -2.55. The van der Waals surface area contributed by atoms with Gasteiger partial charge in [0.25, 0.3) is 0 Å². The van der Waals surface area contributed by atoms with Crippen molar-refractivity contribution in [3.05, 3.63) is 71.8 Å². The summed E-state index contributed by atoms with van der Waals surface area (Å²) in [6.45, 7) is 2.73. The molecule has 0 amide bonds. The molecule has 226 valence electrons. The molecule has 0 radical (unpaired) electrons. The SMILES string of the molecule is O[C@H]([C@@H](O)CN(C[C@H](O)[C@@H](O)[C@H]1CCOC(c2ccccc2)O1)C1CCNCC1)[C@H]1CCOC(c2ccccc2)O1. The summed E-state index contributed by atoms with van der Waals surface area (Å²) in [4.78, 5) is 1.99. The molecular formula is C31H44N2O8. The lowest BCUT2D eigenvalue weighted by Gasteiger charge is -2.41. The molecule has 10 heteroatoms. The molecule has 2 aromatic carbocycles. The topological polar surface area (TPSA) is 133 Å². The zero-order valence-corrected chi connectivity index (χ0v) is 23.4. The van der Waals surface area contributed by atoms with Crippen molar-refractivity contribution in [3.8, 4) is 0 Å². The van der Waals surface area contributed by atoms with Gasteiger partial charge in [0.15, 0.2) is 12.6 Å². The first-order valence-corrected chi connectivity index (χ1v) is 14.8. The molecule has 3 aliphatic heterocycles. The van der Waals surface area contributed by atoms with Crippen molar-refractivity contribution in [1.82, 2.24) is 10.2 Å². The Morgan fingerprint density at radius 1 is 0.659 bits per heavy atom. The molecule has 0 aliphatic carbocycles. The number of piperidine rings is 1. The van der Waals surface area contributed by atoms with Crippen molar-refractivity contribution in [3.63, 3.8) is 0 Å². The normalized spacial score (nSPS) is 29.1. The Morgan fingerprint density at radius 2 is 1.10 bits per heavy atom. The Labute approximate surface area is 241 Å². The fourth-order valence-corrected chi connectivity index (χ4v) is 5.92. The van der Waals surface area contributed by atoms with E-state index in [1.807, 2.05) is 65.6 Å². The Kier molecular flexibility index (Phi) is 11.1. The maximum absolute atomic E-state index is 11.2. The van der Waals surface area contributed by atoms with E-state index < -0.39 is 49.2 Å². The number of nitrogens with one attached hydrogen (secondary N) is 1. The van der Waals surface area contributed by atoms with Crippen molar-refractivity contribution >= 4 is 0 Å². The molecule has 3 heterocycles. The summed E-state index contributed by atoms with van der Waals surface area (Å²) in [7, 11) is 0. The summed E-state index contributed by atoms with van der Waals surface area (Å²) in [6, 6.07) is 19.2. The van der Waals surface area contributed by atoms with Crippen molar-refractivity contribution in [2.75, 3.05) is 39.4 Å². The van der Waals surface area contributed by atoms with Crippen LogP contribution in [0.4, 0.5) is 0 Å². The van der Waals surface area contributed by atoms with Gasteiger partial charge >= 0.3 is 0 Å². The highest BCUT2D eigenvalue weighted by Crippen LogP contribution is 2.30. The number of nitrogens with zero attached hydrogens (tertiary/aromatic N) is 1. The first kappa shape index (κ1) is 30.5. The van der Waals surface area contributed by atoms with E-state index in [9.17, 15) is 20.4 Å². The number of hydrogen-bond donors (Lipinski definition) is 5. The van der Waals surface area contributed by atoms with Crippen molar-refractivity contribution in [2.45, 2.75) is 80.9 Å². The lowest BCUT2D eigenvalue weighted by molar-refractivity contribution is -0.249. The van der Waals surface area contributed by atoms with Crippen LogP contribution in [-0.2, 0) is 18.9 Å². The average molecular weight is 573 g/mol. The molecule has 2 unspecified atom stereocenters. The van der Waals surface area contributed by atoms with Crippen LogP contribution in [-0.4, -0.2) is 107 Å². The molecule has 41 heavy (non-hydrogen) atoms. The van der Waals surface area contributed by atoms with Crippen LogP contribution in [0.25, 0.3) is 0 Å². The van der Waals surface area contributed by atoms with Gasteiger partial charge in [-0.25, -0.2) is 0 Å². The quantitative estimate of drug-likeness (QED) is 0.270. The van der Waals surface area contributed by atoms with Crippen LogP contribution in [0.3, 0.4) is 0 Å². The van der Waals surface area contributed by atoms with E-state index in [-0.39, 0.29) is 19.1 Å². The van der Waals surface area contributed by atoms with Crippen molar-refractivity contribution in [2.24, 2.45) is 0 Å². The van der Waals surface area contributed by atoms with Crippen LogP contribution in [0, 0.1) is 0 Å². The molecule has 3 fully saturated rings. The minimum absolute atomic E-state index is 0.0836. The average Bonchev–Trinajstić information content (AvgIpc) is 3.05. The van der Waals surface area contributed by atoms with E-state index in [1.165, 1.54) is 0 Å². The molecule has 0 aromatic heterocycles. The predicted octanol–water partition coefficient (Wildman–Crippen LogP) is 1.49. The smallest absolute Gasteiger partial charge is 0.184 e. The molecule has 0 saturated carbocycles. The fourth-order valence-electron chi connectivity index (χ4n) is 5.92. The Morgan fingerprint density at radius 3 is 1.54 bits per heavy atom. The largest absolute Gasteiger partial charge is 0.389 e. The number of hydrogen-bond acceptors (Lipinski definition) is 10. The molecule has 3 saturated heterocycles. The number of benzene rings is 2. The third-order valence-corrected chi connectivity index (χ3v) is 8.30. The third-order valence-electron chi connectivity index (χ3n) is 8.30. The molecule has 2 aromatic rings. The number of aliphatic hydroxyl groups is 4. The van der Waals surface area contributed by atoms with Gasteiger partial charge in [-0.05, 0) is 38.8 Å². The molecule has 10 nitrogen and oxygen atoms in total. The summed E-state index contributed by atoms with van der Waals surface area (Å²) >= 11 is 0. The van der Waals surface area contributed by atoms with Gasteiger partial charge < -0.3 is 44.7 Å². The summed E-state index contributed by atoms with van der Waals surface area (Å²) in [5.74, 6) is 0. The molecule has 5 rings (SSSR count). The maximum Gasteiger partial charge on any atom is 0.184 e. The van der Waals surface area contributed by atoms with E-state index in [4.69, 9.17) is 18.9 Å². The Balaban J connectivity index is 1.20. The first-order valence-electron chi connectivity index (χ1n) is 14.8. The third kappa shape index (κ3) is 8.11. The zero-order valence-electron chi connectivity index (χ0n) is 23.4. The summed E-state index contributed by atoms with van der Waals surface area (Å²) in [6.07, 6.45) is -4.32. The highest BCUT2D eigenvalue weighted by molar-refractivity contribution is 5.17. The molecule has 0 spiro atoms. The predicted molar refractivity (Wildman–Crippen MR) is 151 cm³/mol. The van der Waals surface area contributed by atoms with E-state index in [0.29, 0.717) is 26.1 Å². The molecule has 3 aliphatic rings. The van der Waals surface area contributed by atoms with E-state index in [2.05, 4.69) is 5.32 Å². The van der Waals surface area contributed by atoms with Crippen LogP contribution in [0.1, 0.15) is 49.4 Å². The number of aliphatic hydroxyl groups excluding tert-OH is 4. The monoisotopic (exact) mass is 572 g/mol. The Hall–Kier alpha value is -1.96. The summed E-state index contributed by atoms with van der Waals surface area (Å²) in [5, 5.41) is 47.9. The fraction of sp³-hybridized carbons (Fsp3) is 0.613. The second-order valence-electron chi connectivity index (χ2n) is 11.2. The maximum atomic E-state index is 11.2. The van der Waals surface area contributed by atoms with E-state index >= 15 is 0 Å². The Bertz CT molecular complexity index is 954. The van der Waals surface area contributed by atoms with Crippen LogP contribution in [0.2, 0.25) is 0 Å². The molecule has 5 N–H and O–H groups in total. The second kappa shape index (κ2) is 15.0. The second-order valence-corrected chi connectivity index (χ2v) is 11.2. The van der Waals surface area contributed by atoms with Gasteiger partial charge in [-0.1, -0.05) is 60.7 Å². The zero-order chi connectivity index (χ0) is 28.6. The summed E-state index contributed by atoms with van der Waals surface area (Å²) in [5.41, 5.74) is 1.72. The van der Waals surface area contributed by atoms with Gasteiger partial charge in [-0.3, -0.25) is 4.90 Å². The van der Waals surface area contributed by atoms with Gasteiger partial charge in [0.1, 0.15) is 12.2 Å². The number of rotatable bonds is 11. The van der Waals surface area contributed by atoms with Gasteiger partial charge in [0, 0.05) is 30.3 Å². The van der Waals surface area contributed by atoms with Crippen LogP contribution in [0.5, 0.6) is 0 Å². The minimum atomic E-state index is -1.14. The van der Waals surface area contributed by atoms with Gasteiger partial charge in [-0.2, -0.15) is 0 Å².